The SMILES string of the molecule is Cc1cc([C@H](C(=O)N2C[C@H](O)C[C@H]2C(=O)N[C@@H](C)c2ccc(-c3cncs3)cc2)C(C)C)on1. The zero-order valence-corrected chi connectivity index (χ0v) is 20.6. The van der Waals surface area contributed by atoms with Crippen LogP contribution in [-0.4, -0.2) is 50.7 Å². The monoisotopic (exact) mass is 482 g/mol. The van der Waals surface area contributed by atoms with Crippen LogP contribution in [0.5, 0.6) is 0 Å². The molecule has 2 aromatic heterocycles. The summed E-state index contributed by atoms with van der Waals surface area (Å²) in [6, 6.07) is 8.73. The molecule has 4 atom stereocenters. The van der Waals surface area contributed by atoms with Crippen molar-refractivity contribution in [3.05, 3.63) is 59.1 Å². The van der Waals surface area contributed by atoms with E-state index in [1.165, 1.54) is 4.90 Å². The molecule has 9 heteroatoms. The molecular formula is C25H30N4O4S. The van der Waals surface area contributed by atoms with Crippen LogP contribution in [0.2, 0.25) is 0 Å². The number of aromatic nitrogens is 2. The molecule has 0 bridgehead atoms. The van der Waals surface area contributed by atoms with Gasteiger partial charge in [0.05, 0.1) is 28.2 Å². The summed E-state index contributed by atoms with van der Waals surface area (Å²) in [7, 11) is 0. The lowest BCUT2D eigenvalue weighted by Gasteiger charge is -2.29. The summed E-state index contributed by atoms with van der Waals surface area (Å²) in [6.45, 7) is 7.69. The van der Waals surface area contributed by atoms with Crippen LogP contribution in [0, 0.1) is 12.8 Å². The van der Waals surface area contributed by atoms with E-state index in [9.17, 15) is 14.7 Å². The van der Waals surface area contributed by atoms with Crippen molar-refractivity contribution in [3.8, 4) is 10.4 Å². The third-order valence-corrected chi connectivity index (χ3v) is 7.06. The summed E-state index contributed by atoms with van der Waals surface area (Å²) in [5.74, 6) is -0.659. The predicted molar refractivity (Wildman–Crippen MR) is 129 cm³/mol. The zero-order valence-electron chi connectivity index (χ0n) is 19.8. The highest BCUT2D eigenvalue weighted by molar-refractivity contribution is 7.13. The van der Waals surface area contributed by atoms with Crippen LogP contribution in [0.3, 0.4) is 0 Å². The molecule has 0 unspecified atom stereocenters. The number of amides is 2. The van der Waals surface area contributed by atoms with Crippen molar-refractivity contribution in [1.29, 1.82) is 0 Å². The van der Waals surface area contributed by atoms with Gasteiger partial charge in [-0.25, -0.2) is 0 Å². The fourth-order valence-electron chi connectivity index (χ4n) is 4.44. The molecular weight excluding hydrogens is 452 g/mol. The van der Waals surface area contributed by atoms with Crippen LogP contribution in [0.15, 0.2) is 46.6 Å². The first-order valence-electron chi connectivity index (χ1n) is 11.5. The average molecular weight is 483 g/mol. The molecule has 3 aromatic rings. The number of aryl methyl sites for hydroxylation is 1. The van der Waals surface area contributed by atoms with Gasteiger partial charge in [-0.1, -0.05) is 43.3 Å². The van der Waals surface area contributed by atoms with Gasteiger partial charge in [0.25, 0.3) is 0 Å². The van der Waals surface area contributed by atoms with Crippen molar-refractivity contribution < 1.29 is 19.2 Å². The molecule has 0 saturated carbocycles. The van der Waals surface area contributed by atoms with Crippen molar-refractivity contribution in [2.75, 3.05) is 6.54 Å². The Balaban J connectivity index is 1.47. The first-order chi connectivity index (χ1) is 16.2. The molecule has 0 spiro atoms. The van der Waals surface area contributed by atoms with E-state index in [1.54, 1.807) is 29.8 Å². The summed E-state index contributed by atoms with van der Waals surface area (Å²) in [5.41, 5.74) is 4.51. The van der Waals surface area contributed by atoms with Gasteiger partial charge in [-0.2, -0.15) is 0 Å². The van der Waals surface area contributed by atoms with Crippen molar-refractivity contribution in [2.45, 2.75) is 58.2 Å². The van der Waals surface area contributed by atoms with E-state index in [0.717, 1.165) is 16.0 Å². The number of rotatable bonds is 7. The molecule has 1 fully saturated rings. The standard InChI is InChI=1S/C25H30N4O4S/c1-14(2)23(21-9-15(3)28-33-21)25(32)29-12-19(30)10-20(29)24(31)27-16(4)17-5-7-18(8-6-17)22-11-26-13-34-22/h5-9,11,13-14,16,19-20,23,30H,10,12H2,1-4H3,(H,27,31)/t16-,19+,20-,23+/m0/s1. The number of nitrogens with zero attached hydrogens (tertiary/aromatic N) is 3. The second kappa shape index (κ2) is 10.1. The van der Waals surface area contributed by atoms with Crippen LogP contribution in [0.25, 0.3) is 10.4 Å². The van der Waals surface area contributed by atoms with Crippen molar-refractivity contribution >= 4 is 23.2 Å². The highest BCUT2D eigenvalue weighted by atomic mass is 32.1. The second-order valence-corrected chi connectivity index (χ2v) is 10.1. The van der Waals surface area contributed by atoms with Crippen molar-refractivity contribution in [1.82, 2.24) is 20.4 Å². The van der Waals surface area contributed by atoms with E-state index < -0.39 is 18.1 Å². The minimum Gasteiger partial charge on any atom is -0.391 e. The van der Waals surface area contributed by atoms with Crippen LogP contribution in [0.4, 0.5) is 0 Å². The van der Waals surface area contributed by atoms with Crippen LogP contribution >= 0.6 is 11.3 Å². The number of hydrogen-bond acceptors (Lipinski definition) is 7. The lowest BCUT2D eigenvalue weighted by molar-refractivity contribution is -0.141. The van der Waals surface area contributed by atoms with Gasteiger partial charge in [-0.05, 0) is 30.9 Å². The lowest BCUT2D eigenvalue weighted by atomic mass is 9.91. The van der Waals surface area contributed by atoms with E-state index in [-0.39, 0.29) is 36.7 Å². The molecule has 1 aliphatic heterocycles. The Morgan fingerprint density at radius 1 is 1.24 bits per heavy atom. The number of carbonyl (C=O) groups excluding carboxylic acids is 2. The summed E-state index contributed by atoms with van der Waals surface area (Å²) in [6.07, 6.45) is 1.28. The molecule has 34 heavy (non-hydrogen) atoms. The first-order valence-corrected chi connectivity index (χ1v) is 12.3. The molecule has 2 amide bonds. The molecule has 1 aliphatic rings. The highest BCUT2D eigenvalue weighted by Gasteiger charge is 2.43. The molecule has 8 nitrogen and oxygen atoms in total. The van der Waals surface area contributed by atoms with Gasteiger partial charge in [0.1, 0.15) is 17.7 Å². The number of thiazole rings is 1. The maximum absolute atomic E-state index is 13.5. The summed E-state index contributed by atoms with van der Waals surface area (Å²) >= 11 is 1.57. The Morgan fingerprint density at radius 2 is 1.97 bits per heavy atom. The van der Waals surface area contributed by atoms with E-state index in [1.807, 2.05) is 51.2 Å². The quantitative estimate of drug-likeness (QED) is 0.532. The van der Waals surface area contributed by atoms with Gasteiger partial charge in [0.2, 0.25) is 11.8 Å². The Labute approximate surface area is 203 Å². The van der Waals surface area contributed by atoms with Gasteiger partial charge in [0.15, 0.2) is 0 Å². The topological polar surface area (TPSA) is 109 Å². The molecule has 0 radical (unpaired) electrons. The smallest absolute Gasteiger partial charge is 0.243 e. The van der Waals surface area contributed by atoms with Crippen molar-refractivity contribution in [2.24, 2.45) is 5.92 Å². The van der Waals surface area contributed by atoms with Crippen LogP contribution in [-0.2, 0) is 9.59 Å². The Hall–Kier alpha value is -3.04. The van der Waals surface area contributed by atoms with Gasteiger partial charge in [0, 0.05) is 25.2 Å². The van der Waals surface area contributed by atoms with E-state index in [0.29, 0.717) is 11.5 Å². The number of carbonyl (C=O) groups is 2. The minimum absolute atomic E-state index is 0.0581. The molecule has 1 aromatic carbocycles. The number of aliphatic hydroxyl groups is 1. The second-order valence-electron chi connectivity index (χ2n) is 9.21. The molecule has 3 heterocycles. The zero-order chi connectivity index (χ0) is 24.4. The summed E-state index contributed by atoms with van der Waals surface area (Å²) in [4.78, 5) is 33.4. The Morgan fingerprint density at radius 3 is 2.56 bits per heavy atom. The fourth-order valence-corrected chi connectivity index (χ4v) is 5.07. The Kier molecular flexibility index (Phi) is 7.13. The number of hydrogen-bond donors (Lipinski definition) is 2. The molecule has 1 saturated heterocycles. The van der Waals surface area contributed by atoms with Gasteiger partial charge >= 0.3 is 0 Å². The number of aliphatic hydroxyl groups excluding tert-OH is 1. The fraction of sp³-hybridized carbons (Fsp3) is 0.440. The first kappa shape index (κ1) is 24.1. The Bertz CT molecular complexity index is 1130. The van der Waals surface area contributed by atoms with Crippen LogP contribution in [0.1, 0.15) is 56.2 Å². The predicted octanol–water partition coefficient (Wildman–Crippen LogP) is 3.69. The maximum atomic E-state index is 13.5. The van der Waals surface area contributed by atoms with Gasteiger partial charge in [-0.15, -0.1) is 11.3 Å². The normalized spacial score (nSPS) is 19.9. The third-order valence-electron chi connectivity index (χ3n) is 6.24. The maximum Gasteiger partial charge on any atom is 0.243 e. The number of likely N-dealkylation sites (tertiary alicyclic amines) is 1. The average Bonchev–Trinajstić information content (AvgIpc) is 3.55. The minimum atomic E-state index is -0.752. The largest absolute Gasteiger partial charge is 0.391 e. The summed E-state index contributed by atoms with van der Waals surface area (Å²) in [5, 5.41) is 17.3. The van der Waals surface area contributed by atoms with E-state index in [2.05, 4.69) is 15.5 Å². The van der Waals surface area contributed by atoms with Crippen LogP contribution < -0.4 is 5.32 Å². The molecule has 2 N–H and O–H groups in total. The third kappa shape index (κ3) is 5.05. The highest BCUT2D eigenvalue weighted by Crippen LogP contribution is 2.31. The van der Waals surface area contributed by atoms with E-state index >= 15 is 0 Å². The van der Waals surface area contributed by atoms with E-state index in [4.69, 9.17) is 4.52 Å². The molecule has 0 aliphatic carbocycles. The van der Waals surface area contributed by atoms with Gasteiger partial charge < -0.3 is 19.8 Å². The number of nitrogens with one attached hydrogen (secondary N) is 1. The summed E-state index contributed by atoms with van der Waals surface area (Å²) < 4.78 is 5.39. The molecule has 180 valence electrons. The lowest BCUT2D eigenvalue weighted by Crippen LogP contribution is -2.48. The number of benzene rings is 1. The molecule has 4 rings (SSSR count). The number of β-amino-alcohol motifs (C(OH)–C–C–N with tert-alkyl or cyclic N) is 1. The van der Waals surface area contributed by atoms with Gasteiger partial charge in [-0.3, -0.25) is 14.6 Å². The van der Waals surface area contributed by atoms with Crippen molar-refractivity contribution in [3.63, 3.8) is 0 Å².